The average Bonchev–Trinajstić information content (AvgIpc) is 3.46. The smallest absolute Gasteiger partial charge is 0.423 e. The highest BCUT2D eigenvalue weighted by atomic mass is 79.9. The van der Waals surface area contributed by atoms with Gasteiger partial charge in [0.15, 0.2) is 0 Å². The third-order valence-corrected chi connectivity index (χ3v) is 15.0. The predicted molar refractivity (Wildman–Crippen MR) is 295 cm³/mol. The molecule has 0 spiro atoms. The van der Waals surface area contributed by atoms with Crippen molar-refractivity contribution in [3.63, 3.8) is 0 Å². The van der Waals surface area contributed by atoms with Gasteiger partial charge in [-0.3, -0.25) is 9.97 Å². The molecular weight excluding hydrogens is 955 g/mol. The molecule has 4 N–H and O–H groups in total. The molecule has 8 aromatic rings. The third-order valence-electron chi connectivity index (χ3n) is 14.5. The molecule has 2 saturated heterocycles. The molecule has 0 atom stereocenters. The zero-order valence-electron chi connectivity index (χ0n) is 41.0. The predicted octanol–water partition coefficient (Wildman–Crippen LogP) is 10.3. The minimum absolute atomic E-state index is 0.201. The van der Waals surface area contributed by atoms with Gasteiger partial charge in [0.2, 0.25) is 0 Å². The van der Waals surface area contributed by atoms with E-state index in [0.29, 0.717) is 5.46 Å². The second-order valence-corrected chi connectivity index (χ2v) is 19.9. The fourth-order valence-electron chi connectivity index (χ4n) is 10.3. The number of hydrogen-bond donors (Lipinski definition) is 4. The van der Waals surface area contributed by atoms with E-state index in [1.165, 1.54) is 22.9 Å². The summed E-state index contributed by atoms with van der Waals surface area (Å²) in [6.45, 7) is 6.21. The Labute approximate surface area is 435 Å². The van der Waals surface area contributed by atoms with Crippen LogP contribution in [0.5, 0.6) is 0 Å². The Hall–Kier alpha value is -6.08. The maximum absolute atomic E-state index is 12.1. The van der Waals surface area contributed by atoms with Crippen LogP contribution in [0, 0.1) is 11.8 Å². The largest absolute Gasteiger partial charge is 0.490 e. The van der Waals surface area contributed by atoms with E-state index in [4.69, 9.17) is 10.0 Å². The summed E-state index contributed by atoms with van der Waals surface area (Å²) in [5, 5.41) is 41.1. The van der Waals surface area contributed by atoms with Crippen LogP contribution in [0.25, 0.3) is 11.1 Å². The van der Waals surface area contributed by atoms with Crippen LogP contribution in [0.2, 0.25) is 0 Å². The molecule has 4 heterocycles. The zero-order chi connectivity index (χ0) is 50.0. The van der Waals surface area contributed by atoms with Crippen molar-refractivity contribution in [2.75, 3.05) is 39.3 Å². The van der Waals surface area contributed by atoms with Gasteiger partial charge in [-0.1, -0.05) is 186 Å². The molecule has 2 aliphatic heterocycles. The number of hydrogen-bond acceptors (Lipinski definition) is 8. The number of likely N-dealkylation sites (tertiary alicyclic amines) is 2. The topological polar surface area (TPSA) is 113 Å². The van der Waals surface area contributed by atoms with Crippen LogP contribution >= 0.6 is 15.9 Å². The molecule has 0 amide bonds. The Morgan fingerprint density at radius 1 is 0.444 bits per heavy atom. The van der Waals surface area contributed by atoms with Gasteiger partial charge < -0.3 is 30.1 Å². The Morgan fingerprint density at radius 2 is 0.819 bits per heavy atom. The molecule has 6 aromatic carbocycles. The van der Waals surface area contributed by atoms with Crippen LogP contribution in [0.4, 0.5) is 0 Å². The maximum atomic E-state index is 12.1. The number of aromatic nitrogens is 2. The molecule has 10 heteroatoms. The normalized spacial score (nSPS) is 14.8. The maximum Gasteiger partial charge on any atom is 0.490 e. The van der Waals surface area contributed by atoms with Gasteiger partial charge in [-0.15, -0.1) is 0 Å². The molecule has 0 unspecified atom stereocenters. The molecule has 2 aromatic heterocycles. The highest BCUT2D eigenvalue weighted by molar-refractivity contribution is 9.10. The second kappa shape index (κ2) is 26.0. The van der Waals surface area contributed by atoms with Gasteiger partial charge in [0.25, 0.3) is 0 Å². The zero-order valence-corrected chi connectivity index (χ0v) is 42.5. The van der Waals surface area contributed by atoms with E-state index in [-0.39, 0.29) is 11.8 Å². The van der Waals surface area contributed by atoms with Crippen molar-refractivity contribution < 1.29 is 20.3 Å². The lowest BCUT2D eigenvalue weighted by atomic mass is 9.72. The lowest BCUT2D eigenvalue weighted by Gasteiger charge is -2.42. The third kappa shape index (κ3) is 13.7. The molecule has 10 rings (SSSR count). The number of pyridine rings is 2. The summed E-state index contributed by atoms with van der Waals surface area (Å²) in [6.07, 6.45) is 12.8. The van der Waals surface area contributed by atoms with Gasteiger partial charge >= 0.3 is 7.12 Å². The van der Waals surface area contributed by atoms with Gasteiger partial charge in [-0.05, 0) is 145 Å². The van der Waals surface area contributed by atoms with Crippen LogP contribution in [-0.2, 0) is 24.0 Å². The first-order valence-corrected chi connectivity index (χ1v) is 26.1. The van der Waals surface area contributed by atoms with E-state index in [1.54, 1.807) is 18.3 Å². The number of rotatable bonds is 14. The minimum Gasteiger partial charge on any atom is -0.423 e. The molecule has 72 heavy (non-hydrogen) atoms. The Balaban J connectivity index is 0.000000166. The summed E-state index contributed by atoms with van der Waals surface area (Å²) in [7, 11) is -1.40. The van der Waals surface area contributed by atoms with Crippen molar-refractivity contribution >= 4 is 28.5 Å². The van der Waals surface area contributed by atoms with E-state index in [9.17, 15) is 10.2 Å². The van der Waals surface area contributed by atoms with Gasteiger partial charge in [-0.2, -0.15) is 0 Å². The fraction of sp³-hybridized carbons (Fsp3) is 0.258. The van der Waals surface area contributed by atoms with E-state index in [0.717, 1.165) is 110 Å². The number of benzene rings is 6. The Morgan fingerprint density at radius 3 is 1.15 bits per heavy atom. The van der Waals surface area contributed by atoms with Crippen molar-refractivity contribution in [3.8, 4) is 11.1 Å². The van der Waals surface area contributed by atoms with Crippen molar-refractivity contribution in [1.82, 2.24) is 19.8 Å². The minimum atomic E-state index is -1.40. The SMILES string of the molecule is OB(O)c1cccnc1.OC(c1ccccc1)(c1ccccc1)C1CCN(CCc2ccc(-c3cccnc3)cc2)CC1.OC(c1ccccc1)(c1ccccc1)C1CCN(CCc2ccc(Br)cc2)CC1. The van der Waals surface area contributed by atoms with E-state index >= 15 is 0 Å². The van der Waals surface area contributed by atoms with Crippen LogP contribution in [0.3, 0.4) is 0 Å². The summed E-state index contributed by atoms with van der Waals surface area (Å²) in [5.74, 6) is 0.420. The van der Waals surface area contributed by atoms with Gasteiger partial charge in [-0.25, -0.2) is 0 Å². The van der Waals surface area contributed by atoms with Crippen molar-refractivity contribution in [1.29, 1.82) is 0 Å². The summed E-state index contributed by atoms with van der Waals surface area (Å²) in [4.78, 5) is 13.0. The molecule has 2 fully saturated rings. The summed E-state index contributed by atoms with van der Waals surface area (Å²) >= 11 is 3.50. The molecule has 0 radical (unpaired) electrons. The van der Waals surface area contributed by atoms with Crippen LogP contribution in [0.1, 0.15) is 59.1 Å². The molecule has 0 bridgehead atoms. The van der Waals surface area contributed by atoms with Crippen LogP contribution in [0.15, 0.2) is 223 Å². The monoisotopic (exact) mass is 1020 g/mol. The lowest BCUT2D eigenvalue weighted by molar-refractivity contribution is -0.0141. The number of halogens is 1. The number of nitrogens with zero attached hydrogens (tertiary/aromatic N) is 4. The molecular formula is C62H66BBrN4O4. The summed E-state index contributed by atoms with van der Waals surface area (Å²) in [5.41, 5.74) is 7.62. The van der Waals surface area contributed by atoms with E-state index in [1.807, 2.05) is 91.3 Å². The molecule has 0 saturated carbocycles. The van der Waals surface area contributed by atoms with Crippen LogP contribution < -0.4 is 5.46 Å². The van der Waals surface area contributed by atoms with Gasteiger partial charge in [0.05, 0.1) is 0 Å². The number of piperidine rings is 2. The summed E-state index contributed by atoms with van der Waals surface area (Å²) < 4.78 is 1.13. The summed E-state index contributed by atoms with van der Waals surface area (Å²) in [6, 6.07) is 65.5. The molecule has 0 aliphatic carbocycles. The Bertz CT molecular complexity index is 2690. The van der Waals surface area contributed by atoms with Crippen molar-refractivity contribution in [3.05, 3.63) is 257 Å². The van der Waals surface area contributed by atoms with E-state index < -0.39 is 18.3 Å². The average molecular weight is 1020 g/mol. The highest BCUT2D eigenvalue weighted by Crippen LogP contribution is 2.43. The molecule has 2 aliphatic rings. The van der Waals surface area contributed by atoms with Crippen molar-refractivity contribution in [2.45, 2.75) is 49.7 Å². The first kappa shape index (κ1) is 52.3. The molecule has 8 nitrogen and oxygen atoms in total. The first-order valence-electron chi connectivity index (χ1n) is 25.3. The van der Waals surface area contributed by atoms with Crippen LogP contribution in [-0.4, -0.2) is 86.4 Å². The molecule has 368 valence electrons. The van der Waals surface area contributed by atoms with Gasteiger partial charge in [0, 0.05) is 47.8 Å². The number of aliphatic hydroxyl groups is 2. The lowest BCUT2D eigenvalue weighted by Crippen LogP contribution is -2.44. The first-order chi connectivity index (χ1) is 35.2. The van der Waals surface area contributed by atoms with Gasteiger partial charge in [0.1, 0.15) is 11.2 Å². The fourth-order valence-corrected chi connectivity index (χ4v) is 10.6. The quantitative estimate of drug-likeness (QED) is 0.0797. The highest BCUT2D eigenvalue weighted by Gasteiger charge is 2.42. The van der Waals surface area contributed by atoms with E-state index in [2.05, 4.69) is 139 Å². The van der Waals surface area contributed by atoms with Crippen molar-refractivity contribution in [2.24, 2.45) is 11.8 Å². The Kier molecular flexibility index (Phi) is 18.9. The standard InChI is InChI=1S/C31H32N2O.C26H28BrNO.C5H6BNO2/c34-31(28-9-3-1-4-10-28,29-11-5-2-6-12-29)30-18-22-33(23-19-30)21-17-25-13-15-26(16-14-25)27-8-7-20-32-24-27;27-25-13-11-21(12-14-25)15-18-28-19-16-24(17-20-28)26(29,22-7-3-1-4-8-22)23-9-5-2-6-10-23;8-6(9)5-2-1-3-7-4-5/h1-16,20,24,30,34H,17-19,21-23H2;1-14,24,29H,15-20H2;1-4,8-9H. The second-order valence-electron chi connectivity index (χ2n) is 19.0.